The summed E-state index contributed by atoms with van der Waals surface area (Å²) in [6.07, 6.45) is 1.86. The van der Waals surface area contributed by atoms with Gasteiger partial charge >= 0.3 is 0 Å². The Morgan fingerprint density at radius 1 is 1.27 bits per heavy atom. The first-order valence-corrected chi connectivity index (χ1v) is 7.94. The molecule has 0 saturated carbocycles. The lowest BCUT2D eigenvalue weighted by Gasteiger charge is -2.10. The van der Waals surface area contributed by atoms with Crippen LogP contribution < -0.4 is 14.8 Å². The predicted octanol–water partition coefficient (Wildman–Crippen LogP) is 3.15. The molecule has 22 heavy (non-hydrogen) atoms. The normalized spacial score (nSPS) is 10.3. The van der Waals surface area contributed by atoms with Gasteiger partial charge in [0.15, 0.2) is 11.5 Å². The van der Waals surface area contributed by atoms with Crippen molar-refractivity contribution >= 4 is 22.4 Å². The maximum atomic E-state index is 12.2. The number of aromatic nitrogens is 2. The highest BCUT2D eigenvalue weighted by molar-refractivity contribution is 7.15. The first kappa shape index (κ1) is 16.2. The Morgan fingerprint density at radius 2 is 2.09 bits per heavy atom. The van der Waals surface area contributed by atoms with E-state index in [4.69, 9.17) is 9.47 Å². The lowest BCUT2D eigenvalue weighted by atomic mass is 10.2. The average molecular weight is 321 g/mol. The highest BCUT2D eigenvalue weighted by atomic mass is 32.1. The van der Waals surface area contributed by atoms with Gasteiger partial charge in [0.25, 0.3) is 5.91 Å². The fourth-order valence-electron chi connectivity index (χ4n) is 1.87. The van der Waals surface area contributed by atoms with Gasteiger partial charge in [-0.05, 0) is 31.5 Å². The molecular weight excluding hydrogens is 302 g/mol. The summed E-state index contributed by atoms with van der Waals surface area (Å²) in [6.45, 7) is 4.50. The Bertz CT molecular complexity index is 643. The Balaban J connectivity index is 2.11. The number of hydrogen-bond donors (Lipinski definition) is 1. The van der Waals surface area contributed by atoms with Crippen molar-refractivity contribution < 1.29 is 14.3 Å². The van der Waals surface area contributed by atoms with E-state index in [0.717, 1.165) is 17.8 Å². The molecule has 1 aromatic carbocycles. The second-order valence-corrected chi connectivity index (χ2v) is 5.57. The van der Waals surface area contributed by atoms with Crippen LogP contribution >= 0.6 is 11.3 Å². The summed E-state index contributed by atoms with van der Waals surface area (Å²) in [7, 11) is 1.54. The van der Waals surface area contributed by atoms with E-state index in [1.807, 2.05) is 6.92 Å². The summed E-state index contributed by atoms with van der Waals surface area (Å²) in [5.41, 5.74) is 0.479. The first-order valence-electron chi connectivity index (χ1n) is 7.12. The number of anilines is 1. The molecule has 0 bridgehead atoms. The Morgan fingerprint density at radius 3 is 2.77 bits per heavy atom. The van der Waals surface area contributed by atoms with Gasteiger partial charge in [-0.1, -0.05) is 18.3 Å². The van der Waals surface area contributed by atoms with Crippen molar-refractivity contribution in [3.63, 3.8) is 0 Å². The molecule has 0 radical (unpaired) electrons. The SMILES string of the molecule is CCCc1nnc(NC(=O)c2ccc(OCC)c(OC)c2)s1. The molecule has 1 aromatic heterocycles. The number of amides is 1. The van der Waals surface area contributed by atoms with Crippen molar-refractivity contribution in [1.82, 2.24) is 10.2 Å². The summed E-state index contributed by atoms with van der Waals surface area (Å²) in [6, 6.07) is 5.06. The lowest BCUT2D eigenvalue weighted by Crippen LogP contribution is -2.12. The van der Waals surface area contributed by atoms with Crippen LogP contribution in [-0.4, -0.2) is 29.8 Å². The Kier molecular flexibility index (Phi) is 5.71. The van der Waals surface area contributed by atoms with E-state index in [-0.39, 0.29) is 5.91 Å². The quantitative estimate of drug-likeness (QED) is 0.848. The van der Waals surface area contributed by atoms with E-state index in [1.54, 1.807) is 25.3 Å². The number of benzene rings is 1. The van der Waals surface area contributed by atoms with Crippen molar-refractivity contribution in [3.05, 3.63) is 28.8 Å². The monoisotopic (exact) mass is 321 g/mol. The van der Waals surface area contributed by atoms with E-state index < -0.39 is 0 Å². The topological polar surface area (TPSA) is 73.3 Å². The molecule has 0 fully saturated rings. The third kappa shape index (κ3) is 3.94. The minimum absolute atomic E-state index is 0.249. The molecule has 1 N–H and O–H groups in total. The maximum absolute atomic E-state index is 12.2. The third-order valence-corrected chi connectivity index (χ3v) is 3.78. The van der Waals surface area contributed by atoms with Crippen molar-refractivity contribution in [1.29, 1.82) is 0 Å². The summed E-state index contributed by atoms with van der Waals surface area (Å²) in [4.78, 5) is 12.2. The molecule has 1 amide bonds. The number of rotatable bonds is 7. The zero-order valence-corrected chi connectivity index (χ0v) is 13.7. The second kappa shape index (κ2) is 7.74. The van der Waals surface area contributed by atoms with Gasteiger partial charge in [-0.25, -0.2) is 0 Å². The lowest BCUT2D eigenvalue weighted by molar-refractivity contribution is 0.102. The summed E-state index contributed by atoms with van der Waals surface area (Å²) < 4.78 is 10.7. The van der Waals surface area contributed by atoms with Crippen molar-refractivity contribution in [2.45, 2.75) is 26.7 Å². The first-order chi connectivity index (χ1) is 10.7. The van der Waals surface area contributed by atoms with Gasteiger partial charge < -0.3 is 9.47 Å². The molecule has 0 aliphatic rings. The predicted molar refractivity (Wildman–Crippen MR) is 86.0 cm³/mol. The second-order valence-electron chi connectivity index (χ2n) is 4.50. The zero-order valence-electron chi connectivity index (χ0n) is 12.9. The number of ether oxygens (including phenoxy) is 2. The van der Waals surface area contributed by atoms with E-state index in [1.165, 1.54) is 11.3 Å². The molecule has 118 valence electrons. The summed E-state index contributed by atoms with van der Waals surface area (Å²) >= 11 is 1.39. The smallest absolute Gasteiger partial charge is 0.257 e. The zero-order chi connectivity index (χ0) is 15.9. The van der Waals surface area contributed by atoms with Crippen LogP contribution in [0.2, 0.25) is 0 Å². The van der Waals surface area contributed by atoms with Gasteiger partial charge in [0.05, 0.1) is 13.7 Å². The van der Waals surface area contributed by atoms with Crippen LogP contribution in [0, 0.1) is 0 Å². The molecule has 2 aromatic rings. The largest absolute Gasteiger partial charge is 0.493 e. The Hall–Kier alpha value is -2.15. The average Bonchev–Trinajstić information content (AvgIpc) is 2.95. The van der Waals surface area contributed by atoms with Gasteiger partial charge in [-0.3, -0.25) is 10.1 Å². The number of nitrogens with one attached hydrogen (secondary N) is 1. The van der Waals surface area contributed by atoms with Crippen LogP contribution in [0.1, 0.15) is 35.6 Å². The number of aryl methyl sites for hydroxylation is 1. The number of nitrogens with zero attached hydrogens (tertiary/aromatic N) is 2. The summed E-state index contributed by atoms with van der Waals surface area (Å²) in [5.74, 6) is 0.890. The van der Waals surface area contributed by atoms with Crippen molar-refractivity contribution in [2.24, 2.45) is 0 Å². The molecule has 0 saturated heterocycles. The van der Waals surface area contributed by atoms with Gasteiger partial charge in [-0.15, -0.1) is 10.2 Å². The number of carbonyl (C=O) groups excluding carboxylic acids is 1. The molecule has 1 heterocycles. The van der Waals surface area contributed by atoms with Gasteiger partial charge in [0.1, 0.15) is 5.01 Å². The van der Waals surface area contributed by atoms with E-state index in [0.29, 0.717) is 28.8 Å². The highest BCUT2D eigenvalue weighted by Gasteiger charge is 2.13. The number of methoxy groups -OCH3 is 1. The maximum Gasteiger partial charge on any atom is 0.257 e. The minimum Gasteiger partial charge on any atom is -0.493 e. The molecule has 6 nitrogen and oxygen atoms in total. The number of hydrogen-bond acceptors (Lipinski definition) is 6. The molecule has 0 aliphatic carbocycles. The summed E-state index contributed by atoms with van der Waals surface area (Å²) in [5, 5.41) is 12.2. The van der Waals surface area contributed by atoms with Gasteiger partial charge in [0.2, 0.25) is 5.13 Å². The molecule has 7 heteroatoms. The van der Waals surface area contributed by atoms with Crippen LogP contribution in [0.15, 0.2) is 18.2 Å². The molecule has 0 unspecified atom stereocenters. The van der Waals surface area contributed by atoms with Crippen molar-refractivity contribution in [2.75, 3.05) is 19.0 Å². The molecule has 0 atom stereocenters. The van der Waals surface area contributed by atoms with Crippen LogP contribution in [0.25, 0.3) is 0 Å². The van der Waals surface area contributed by atoms with E-state index in [2.05, 4.69) is 22.4 Å². The van der Waals surface area contributed by atoms with Crippen LogP contribution in [-0.2, 0) is 6.42 Å². The van der Waals surface area contributed by atoms with Crippen LogP contribution in [0.4, 0.5) is 5.13 Å². The standard InChI is InChI=1S/C15H19N3O3S/c1-4-6-13-17-18-15(22-13)16-14(19)10-7-8-11(21-5-2)12(9-10)20-3/h7-9H,4-6H2,1-3H3,(H,16,18,19). The third-order valence-electron chi connectivity index (χ3n) is 2.88. The van der Waals surface area contributed by atoms with Gasteiger partial charge in [0, 0.05) is 12.0 Å². The van der Waals surface area contributed by atoms with Crippen molar-refractivity contribution in [3.8, 4) is 11.5 Å². The van der Waals surface area contributed by atoms with Crippen LogP contribution in [0.5, 0.6) is 11.5 Å². The van der Waals surface area contributed by atoms with E-state index in [9.17, 15) is 4.79 Å². The molecule has 0 spiro atoms. The molecule has 2 rings (SSSR count). The van der Waals surface area contributed by atoms with E-state index >= 15 is 0 Å². The number of carbonyl (C=O) groups is 1. The fraction of sp³-hybridized carbons (Fsp3) is 0.400. The van der Waals surface area contributed by atoms with Crippen LogP contribution in [0.3, 0.4) is 0 Å². The van der Waals surface area contributed by atoms with Gasteiger partial charge in [-0.2, -0.15) is 0 Å². The Labute approximate surface area is 133 Å². The highest BCUT2D eigenvalue weighted by Crippen LogP contribution is 2.28. The molecular formula is C15H19N3O3S. The fourth-order valence-corrected chi connectivity index (χ4v) is 2.71. The molecule has 0 aliphatic heterocycles. The minimum atomic E-state index is -0.249.